The summed E-state index contributed by atoms with van der Waals surface area (Å²) in [6, 6.07) is 9.64. The Kier molecular flexibility index (Phi) is 7.38. The minimum absolute atomic E-state index is 0.285. The van der Waals surface area contributed by atoms with Crippen molar-refractivity contribution in [2.75, 3.05) is 25.2 Å². The van der Waals surface area contributed by atoms with Gasteiger partial charge in [-0.3, -0.25) is 10.9 Å². The van der Waals surface area contributed by atoms with E-state index in [1.165, 1.54) is 0 Å². The fourth-order valence-corrected chi connectivity index (χ4v) is 1.40. The number of rotatable bonds is 8. The van der Waals surface area contributed by atoms with E-state index >= 15 is 0 Å². The molecule has 0 amide bonds. The summed E-state index contributed by atoms with van der Waals surface area (Å²) in [5.74, 6) is 0.285. The summed E-state index contributed by atoms with van der Waals surface area (Å²) in [4.78, 5) is 4.15. The molecule has 0 unspecified atom stereocenters. The molecule has 4 N–H and O–H groups in total. The number of benzene rings is 1. The zero-order valence-corrected chi connectivity index (χ0v) is 11.4. The van der Waals surface area contributed by atoms with Crippen LogP contribution in [-0.2, 0) is 9.47 Å². The van der Waals surface area contributed by atoms with Gasteiger partial charge in [0.25, 0.3) is 0 Å². The second-order valence-corrected chi connectivity index (χ2v) is 3.68. The molecule has 0 saturated carbocycles. The van der Waals surface area contributed by atoms with E-state index in [4.69, 9.17) is 15.2 Å². The van der Waals surface area contributed by atoms with Crippen LogP contribution in [0.4, 0.5) is 5.69 Å². The average Bonchev–Trinajstić information content (AvgIpc) is 2.44. The summed E-state index contributed by atoms with van der Waals surface area (Å²) in [6.45, 7) is 5.34. The molecule has 0 aliphatic rings. The number of ether oxygens (including phenoxy) is 2. The van der Waals surface area contributed by atoms with Crippen LogP contribution in [0.25, 0.3) is 0 Å². The minimum atomic E-state index is -0.355. The van der Waals surface area contributed by atoms with E-state index in [-0.39, 0.29) is 12.2 Å². The second-order valence-electron chi connectivity index (χ2n) is 3.68. The van der Waals surface area contributed by atoms with Gasteiger partial charge < -0.3 is 15.2 Å². The van der Waals surface area contributed by atoms with Gasteiger partial charge in [0.05, 0.1) is 12.2 Å². The molecule has 0 fully saturated rings. The Labute approximate surface area is 114 Å². The van der Waals surface area contributed by atoms with E-state index in [2.05, 4.69) is 15.8 Å². The molecule has 1 aromatic carbocycles. The van der Waals surface area contributed by atoms with Gasteiger partial charge in [-0.1, -0.05) is 18.2 Å². The largest absolute Gasteiger partial charge is 0.369 e. The van der Waals surface area contributed by atoms with Gasteiger partial charge in [-0.2, -0.15) is 0 Å². The first-order valence-corrected chi connectivity index (χ1v) is 6.36. The molecule has 0 aliphatic carbocycles. The standard InChI is InChI=1S/C13H22N4O2/c1-3-18-12(19-4-2)10-15-13(14)17-16-11-8-6-5-7-9-11/h5-9,12,16H,3-4,10H2,1-2H3,(H3,14,15,17). The maximum Gasteiger partial charge on any atom is 0.207 e. The molecule has 0 radical (unpaired) electrons. The molecule has 0 aliphatic heterocycles. The SMILES string of the molecule is CCOC(CN=C(N)NNc1ccccc1)OCC. The van der Waals surface area contributed by atoms with Crippen LogP contribution in [0.5, 0.6) is 0 Å². The maximum absolute atomic E-state index is 5.73. The lowest BCUT2D eigenvalue weighted by Gasteiger charge is -2.15. The van der Waals surface area contributed by atoms with Crippen LogP contribution >= 0.6 is 0 Å². The third-order valence-corrected chi connectivity index (χ3v) is 2.22. The van der Waals surface area contributed by atoms with Crippen molar-refractivity contribution in [2.45, 2.75) is 20.1 Å². The monoisotopic (exact) mass is 266 g/mol. The lowest BCUT2D eigenvalue weighted by molar-refractivity contribution is -0.128. The van der Waals surface area contributed by atoms with E-state index in [1.807, 2.05) is 44.2 Å². The Balaban J connectivity index is 2.35. The third kappa shape index (κ3) is 6.64. The van der Waals surface area contributed by atoms with Crippen LogP contribution in [0, 0.1) is 0 Å². The van der Waals surface area contributed by atoms with E-state index in [1.54, 1.807) is 0 Å². The summed E-state index contributed by atoms with van der Waals surface area (Å²) in [6.07, 6.45) is -0.355. The molecule has 6 heteroatoms. The first kappa shape index (κ1) is 15.3. The zero-order chi connectivity index (χ0) is 13.9. The van der Waals surface area contributed by atoms with Crippen molar-refractivity contribution >= 4 is 11.6 Å². The first-order chi connectivity index (χ1) is 9.26. The van der Waals surface area contributed by atoms with Gasteiger partial charge in [0.2, 0.25) is 5.96 Å². The molecule has 1 rings (SSSR count). The predicted octanol–water partition coefficient (Wildman–Crippen LogP) is 1.32. The Morgan fingerprint density at radius 1 is 1.21 bits per heavy atom. The highest BCUT2D eigenvalue weighted by Gasteiger charge is 2.06. The predicted molar refractivity (Wildman–Crippen MR) is 76.7 cm³/mol. The Morgan fingerprint density at radius 2 is 1.84 bits per heavy atom. The van der Waals surface area contributed by atoms with Crippen molar-refractivity contribution in [1.82, 2.24) is 5.43 Å². The number of para-hydroxylation sites is 1. The summed E-state index contributed by atoms with van der Waals surface area (Å²) in [7, 11) is 0. The molecule has 0 spiro atoms. The topological polar surface area (TPSA) is 80.9 Å². The van der Waals surface area contributed by atoms with Gasteiger partial charge in [-0.25, -0.2) is 4.99 Å². The zero-order valence-electron chi connectivity index (χ0n) is 11.4. The Hall–Kier alpha value is -1.79. The van der Waals surface area contributed by atoms with Gasteiger partial charge in [0.1, 0.15) is 0 Å². The molecule has 0 aromatic heterocycles. The molecule has 0 saturated heterocycles. The van der Waals surface area contributed by atoms with Gasteiger partial charge in [0, 0.05) is 13.2 Å². The Morgan fingerprint density at radius 3 is 2.42 bits per heavy atom. The van der Waals surface area contributed by atoms with Crippen molar-refractivity contribution in [1.29, 1.82) is 0 Å². The molecule has 0 bridgehead atoms. The number of aliphatic imine (C=N–C) groups is 1. The van der Waals surface area contributed by atoms with Crippen molar-refractivity contribution in [3.63, 3.8) is 0 Å². The molecule has 0 heterocycles. The first-order valence-electron chi connectivity index (χ1n) is 6.36. The molecular weight excluding hydrogens is 244 g/mol. The van der Waals surface area contributed by atoms with Crippen molar-refractivity contribution in [2.24, 2.45) is 10.7 Å². The van der Waals surface area contributed by atoms with E-state index in [9.17, 15) is 0 Å². The minimum Gasteiger partial charge on any atom is -0.369 e. The van der Waals surface area contributed by atoms with E-state index in [0.717, 1.165) is 5.69 Å². The van der Waals surface area contributed by atoms with E-state index in [0.29, 0.717) is 19.8 Å². The normalized spacial score (nSPS) is 11.6. The van der Waals surface area contributed by atoms with Crippen LogP contribution in [0.2, 0.25) is 0 Å². The fraction of sp³-hybridized carbons (Fsp3) is 0.462. The number of nitrogens with one attached hydrogen (secondary N) is 2. The summed E-state index contributed by atoms with van der Waals surface area (Å²) < 4.78 is 10.7. The maximum atomic E-state index is 5.73. The van der Waals surface area contributed by atoms with Crippen molar-refractivity contribution < 1.29 is 9.47 Å². The number of anilines is 1. The van der Waals surface area contributed by atoms with Gasteiger partial charge in [0.15, 0.2) is 6.29 Å². The van der Waals surface area contributed by atoms with Crippen molar-refractivity contribution in [3.05, 3.63) is 30.3 Å². The number of nitrogens with two attached hydrogens (primary N) is 1. The molecular formula is C13H22N4O2. The summed E-state index contributed by atoms with van der Waals surface area (Å²) in [5, 5.41) is 0. The van der Waals surface area contributed by atoms with Crippen LogP contribution in [0.3, 0.4) is 0 Å². The third-order valence-electron chi connectivity index (χ3n) is 2.22. The molecule has 106 valence electrons. The fourth-order valence-electron chi connectivity index (χ4n) is 1.40. The summed E-state index contributed by atoms with van der Waals surface area (Å²) in [5.41, 5.74) is 12.4. The van der Waals surface area contributed by atoms with Crippen LogP contribution in [0.1, 0.15) is 13.8 Å². The summed E-state index contributed by atoms with van der Waals surface area (Å²) >= 11 is 0. The highest BCUT2D eigenvalue weighted by molar-refractivity contribution is 5.79. The number of guanidine groups is 1. The second kappa shape index (κ2) is 9.18. The smallest absolute Gasteiger partial charge is 0.207 e. The Bertz CT molecular complexity index is 364. The van der Waals surface area contributed by atoms with Gasteiger partial charge in [-0.15, -0.1) is 0 Å². The lowest BCUT2D eigenvalue weighted by atomic mass is 10.3. The molecule has 0 atom stereocenters. The van der Waals surface area contributed by atoms with Gasteiger partial charge in [-0.05, 0) is 26.0 Å². The molecule has 19 heavy (non-hydrogen) atoms. The van der Waals surface area contributed by atoms with E-state index < -0.39 is 0 Å². The molecule has 6 nitrogen and oxygen atoms in total. The number of hydrazine groups is 1. The average molecular weight is 266 g/mol. The quantitative estimate of drug-likeness (QED) is 0.286. The van der Waals surface area contributed by atoms with Crippen LogP contribution in [-0.4, -0.2) is 32.0 Å². The molecule has 1 aromatic rings. The van der Waals surface area contributed by atoms with Crippen LogP contribution in [0.15, 0.2) is 35.3 Å². The number of hydrogen-bond donors (Lipinski definition) is 3. The lowest BCUT2D eigenvalue weighted by Crippen LogP contribution is -2.37. The van der Waals surface area contributed by atoms with Crippen LogP contribution < -0.4 is 16.6 Å². The highest BCUT2D eigenvalue weighted by Crippen LogP contribution is 2.02. The highest BCUT2D eigenvalue weighted by atomic mass is 16.7. The number of nitrogens with zero attached hydrogens (tertiary/aromatic N) is 1. The number of hydrogen-bond acceptors (Lipinski definition) is 4. The van der Waals surface area contributed by atoms with Gasteiger partial charge >= 0.3 is 0 Å². The van der Waals surface area contributed by atoms with Crippen molar-refractivity contribution in [3.8, 4) is 0 Å².